The molecule has 3 aromatic carbocycles. The van der Waals surface area contributed by atoms with Gasteiger partial charge in [-0.05, 0) is 48.4 Å². The number of hydrogen-bond acceptors (Lipinski definition) is 3. The third-order valence-electron chi connectivity index (χ3n) is 7.07. The lowest BCUT2D eigenvalue weighted by Gasteiger charge is -2.43. The molecule has 3 aromatic rings. The normalized spacial score (nSPS) is 18.8. The van der Waals surface area contributed by atoms with Gasteiger partial charge in [-0.25, -0.2) is 4.79 Å². The zero-order valence-corrected chi connectivity index (χ0v) is 20.1. The SMILES string of the molecule is O=C(Nc1ccc2c3c1C(c1ccccc1)CCN3CCC2c1ccccc1)OCCCCCl. The summed E-state index contributed by atoms with van der Waals surface area (Å²) in [5, 5.41) is 3.08. The number of carbonyl (C=O) groups excluding carboxylic acids is 1. The number of hydrogen-bond donors (Lipinski definition) is 1. The van der Waals surface area contributed by atoms with Crippen LogP contribution < -0.4 is 10.2 Å². The molecular weight excluding hydrogens is 444 g/mol. The maximum atomic E-state index is 12.7. The van der Waals surface area contributed by atoms with Gasteiger partial charge in [-0.2, -0.15) is 0 Å². The van der Waals surface area contributed by atoms with E-state index in [1.54, 1.807) is 0 Å². The summed E-state index contributed by atoms with van der Waals surface area (Å²) in [4.78, 5) is 15.2. The number of nitrogens with one attached hydrogen (secondary N) is 1. The first-order valence-electron chi connectivity index (χ1n) is 12.3. The Kier molecular flexibility index (Phi) is 7.05. The molecule has 0 spiro atoms. The summed E-state index contributed by atoms with van der Waals surface area (Å²) >= 11 is 5.74. The van der Waals surface area contributed by atoms with E-state index in [9.17, 15) is 4.79 Å². The number of nitrogens with zero attached hydrogens (tertiary/aromatic N) is 1. The lowest BCUT2D eigenvalue weighted by molar-refractivity contribution is 0.160. The molecule has 34 heavy (non-hydrogen) atoms. The third kappa shape index (κ3) is 4.65. The number of alkyl halides is 1. The highest BCUT2D eigenvalue weighted by molar-refractivity contribution is 6.17. The lowest BCUT2D eigenvalue weighted by Crippen LogP contribution is -2.38. The van der Waals surface area contributed by atoms with Gasteiger partial charge >= 0.3 is 6.09 Å². The van der Waals surface area contributed by atoms with Gasteiger partial charge in [-0.3, -0.25) is 5.32 Å². The van der Waals surface area contributed by atoms with E-state index in [0.717, 1.165) is 44.5 Å². The number of unbranched alkanes of at least 4 members (excludes halogenated alkanes) is 1. The second kappa shape index (κ2) is 10.5. The molecule has 0 bridgehead atoms. The molecule has 176 valence electrons. The summed E-state index contributed by atoms with van der Waals surface area (Å²) in [6.45, 7) is 2.42. The van der Waals surface area contributed by atoms with Crippen molar-refractivity contribution in [2.75, 3.05) is 35.8 Å². The van der Waals surface area contributed by atoms with Crippen molar-refractivity contribution < 1.29 is 9.53 Å². The average molecular weight is 475 g/mol. The molecule has 2 unspecified atom stereocenters. The minimum Gasteiger partial charge on any atom is -0.449 e. The van der Waals surface area contributed by atoms with E-state index >= 15 is 0 Å². The van der Waals surface area contributed by atoms with E-state index < -0.39 is 6.09 Å². The van der Waals surface area contributed by atoms with Crippen LogP contribution in [0.3, 0.4) is 0 Å². The largest absolute Gasteiger partial charge is 0.449 e. The molecular formula is C29H31ClN2O2. The molecule has 2 aliphatic heterocycles. The smallest absolute Gasteiger partial charge is 0.411 e. The molecule has 1 amide bonds. The Labute approximate surface area is 206 Å². The molecule has 4 nitrogen and oxygen atoms in total. The van der Waals surface area contributed by atoms with Gasteiger partial charge in [0.25, 0.3) is 0 Å². The van der Waals surface area contributed by atoms with E-state index in [-0.39, 0.29) is 5.92 Å². The number of carbonyl (C=O) groups is 1. The van der Waals surface area contributed by atoms with Crippen LogP contribution in [0.25, 0.3) is 0 Å². The molecule has 0 radical (unpaired) electrons. The van der Waals surface area contributed by atoms with Gasteiger partial charge in [-0.15, -0.1) is 11.6 Å². The van der Waals surface area contributed by atoms with Crippen LogP contribution in [0.5, 0.6) is 0 Å². The number of ether oxygens (including phenoxy) is 1. The number of halogens is 1. The van der Waals surface area contributed by atoms with Crippen molar-refractivity contribution in [2.45, 2.75) is 37.5 Å². The van der Waals surface area contributed by atoms with E-state index in [4.69, 9.17) is 16.3 Å². The van der Waals surface area contributed by atoms with Crippen molar-refractivity contribution in [1.29, 1.82) is 0 Å². The maximum absolute atomic E-state index is 12.7. The van der Waals surface area contributed by atoms with Gasteiger partial charge in [0.05, 0.1) is 6.61 Å². The van der Waals surface area contributed by atoms with E-state index in [1.807, 2.05) is 0 Å². The molecule has 0 saturated carbocycles. The molecule has 2 aliphatic rings. The Morgan fingerprint density at radius 1 is 0.882 bits per heavy atom. The Morgan fingerprint density at radius 2 is 1.53 bits per heavy atom. The van der Waals surface area contributed by atoms with Gasteiger partial charge < -0.3 is 9.64 Å². The second-order valence-corrected chi connectivity index (χ2v) is 9.49. The van der Waals surface area contributed by atoms with Crippen molar-refractivity contribution in [3.63, 3.8) is 0 Å². The van der Waals surface area contributed by atoms with Gasteiger partial charge in [0.15, 0.2) is 0 Å². The van der Waals surface area contributed by atoms with Crippen LogP contribution >= 0.6 is 11.6 Å². The van der Waals surface area contributed by atoms with Crippen molar-refractivity contribution >= 4 is 29.1 Å². The summed E-state index contributed by atoms with van der Waals surface area (Å²) in [7, 11) is 0. The van der Waals surface area contributed by atoms with Crippen LogP contribution in [0.15, 0.2) is 72.8 Å². The van der Waals surface area contributed by atoms with Crippen molar-refractivity contribution in [1.82, 2.24) is 0 Å². The zero-order valence-electron chi connectivity index (χ0n) is 19.4. The summed E-state index contributed by atoms with van der Waals surface area (Å²) in [6.07, 6.45) is 3.33. The predicted molar refractivity (Wildman–Crippen MR) is 139 cm³/mol. The number of rotatable bonds is 7. The topological polar surface area (TPSA) is 41.6 Å². The van der Waals surface area contributed by atoms with Crippen LogP contribution in [0.2, 0.25) is 0 Å². The Morgan fingerprint density at radius 3 is 2.21 bits per heavy atom. The van der Waals surface area contributed by atoms with Crippen molar-refractivity contribution in [2.24, 2.45) is 0 Å². The van der Waals surface area contributed by atoms with Crippen LogP contribution in [0, 0.1) is 0 Å². The van der Waals surface area contributed by atoms with Gasteiger partial charge in [0.1, 0.15) is 0 Å². The van der Waals surface area contributed by atoms with Crippen LogP contribution in [-0.2, 0) is 4.74 Å². The molecule has 2 atom stereocenters. The first kappa shape index (κ1) is 22.8. The summed E-state index contributed by atoms with van der Waals surface area (Å²) in [5.74, 6) is 1.17. The molecule has 0 aliphatic carbocycles. The minimum absolute atomic E-state index is 0.230. The van der Waals surface area contributed by atoms with Crippen LogP contribution in [0.1, 0.15) is 59.8 Å². The zero-order chi connectivity index (χ0) is 23.3. The standard InChI is InChI=1S/C29H31ClN2O2/c30-17-7-8-20-34-29(33)31-26-14-13-25-23(21-9-3-1-4-10-21)15-18-32-19-16-24(27(26)28(25)32)22-11-5-2-6-12-22/h1-6,9-14,23-24H,7-8,15-20H2,(H,31,33). The monoisotopic (exact) mass is 474 g/mol. The average Bonchev–Trinajstić information content (AvgIpc) is 2.89. The predicted octanol–water partition coefficient (Wildman–Crippen LogP) is 7.13. The van der Waals surface area contributed by atoms with Gasteiger partial charge in [0, 0.05) is 47.7 Å². The number of amides is 1. The highest BCUT2D eigenvalue weighted by Crippen LogP contribution is 2.51. The lowest BCUT2D eigenvalue weighted by atomic mass is 9.76. The number of anilines is 2. The van der Waals surface area contributed by atoms with Crippen LogP contribution in [0.4, 0.5) is 16.2 Å². The maximum Gasteiger partial charge on any atom is 0.411 e. The fourth-order valence-electron chi connectivity index (χ4n) is 5.48. The van der Waals surface area contributed by atoms with Gasteiger partial charge in [-0.1, -0.05) is 66.7 Å². The number of benzene rings is 3. The highest BCUT2D eigenvalue weighted by Gasteiger charge is 2.36. The van der Waals surface area contributed by atoms with E-state index in [0.29, 0.717) is 18.4 Å². The first-order chi connectivity index (χ1) is 16.8. The fourth-order valence-corrected chi connectivity index (χ4v) is 5.67. The van der Waals surface area contributed by atoms with Crippen molar-refractivity contribution in [3.8, 4) is 0 Å². The Bertz CT molecular complexity index is 1120. The summed E-state index contributed by atoms with van der Waals surface area (Å²) in [6, 6.07) is 25.7. The molecule has 0 aromatic heterocycles. The fraction of sp³-hybridized carbons (Fsp3) is 0.345. The quantitative estimate of drug-likeness (QED) is 0.292. The molecule has 5 rings (SSSR count). The van der Waals surface area contributed by atoms with E-state index in [1.165, 1.54) is 27.9 Å². The Balaban J connectivity index is 1.55. The van der Waals surface area contributed by atoms with Crippen molar-refractivity contribution in [3.05, 3.63) is 95.1 Å². The molecule has 5 heteroatoms. The highest BCUT2D eigenvalue weighted by atomic mass is 35.5. The molecule has 1 N–H and O–H groups in total. The molecule has 0 fully saturated rings. The van der Waals surface area contributed by atoms with E-state index in [2.05, 4.69) is 83.0 Å². The minimum atomic E-state index is -0.398. The van der Waals surface area contributed by atoms with Gasteiger partial charge in [0.2, 0.25) is 0 Å². The molecule has 2 heterocycles. The summed E-state index contributed by atoms with van der Waals surface area (Å²) < 4.78 is 5.45. The van der Waals surface area contributed by atoms with Crippen LogP contribution in [-0.4, -0.2) is 31.7 Å². The first-order valence-corrected chi connectivity index (χ1v) is 12.8. The summed E-state index contributed by atoms with van der Waals surface area (Å²) in [5.41, 5.74) is 7.36. The molecule has 0 saturated heterocycles. The third-order valence-corrected chi connectivity index (χ3v) is 7.33. The Hall–Kier alpha value is -2.98. The second-order valence-electron chi connectivity index (χ2n) is 9.11.